The molecule has 0 saturated heterocycles. The van der Waals surface area contributed by atoms with E-state index in [9.17, 15) is 0 Å². The fraction of sp³-hybridized carbons (Fsp3) is 0.176. The molecule has 5 nitrogen and oxygen atoms in total. The Morgan fingerprint density at radius 3 is 2.55 bits per heavy atom. The molecule has 22 heavy (non-hydrogen) atoms. The van der Waals surface area contributed by atoms with E-state index in [0.29, 0.717) is 11.7 Å². The van der Waals surface area contributed by atoms with Gasteiger partial charge in [0.2, 0.25) is 5.82 Å². The number of ether oxygens (including phenoxy) is 2. The summed E-state index contributed by atoms with van der Waals surface area (Å²) in [5.74, 6) is 2.57. The van der Waals surface area contributed by atoms with Crippen LogP contribution in [0.2, 0.25) is 0 Å². The van der Waals surface area contributed by atoms with Gasteiger partial charge in [-0.1, -0.05) is 23.4 Å². The number of benzene rings is 2. The first-order valence-electron chi connectivity index (χ1n) is 6.91. The van der Waals surface area contributed by atoms with Crippen LogP contribution in [0.4, 0.5) is 0 Å². The quantitative estimate of drug-likeness (QED) is 0.719. The number of hydrogen-bond acceptors (Lipinski definition) is 5. The molecule has 0 amide bonds. The monoisotopic (exact) mass is 296 g/mol. The Morgan fingerprint density at radius 2 is 1.82 bits per heavy atom. The van der Waals surface area contributed by atoms with Gasteiger partial charge < -0.3 is 14.0 Å². The third-order valence-corrected chi connectivity index (χ3v) is 3.26. The average molecular weight is 296 g/mol. The SMILES string of the molecule is COc1ccc(-c2nc(COc3ccccc3C)no2)cc1. The molecule has 0 radical (unpaired) electrons. The van der Waals surface area contributed by atoms with Gasteiger partial charge in [0, 0.05) is 5.56 Å². The maximum absolute atomic E-state index is 5.70. The van der Waals surface area contributed by atoms with Gasteiger partial charge in [0.25, 0.3) is 5.89 Å². The Hall–Kier alpha value is -2.82. The lowest BCUT2D eigenvalue weighted by Gasteiger charge is -2.05. The van der Waals surface area contributed by atoms with Gasteiger partial charge in [-0.05, 0) is 42.8 Å². The van der Waals surface area contributed by atoms with E-state index in [0.717, 1.165) is 22.6 Å². The van der Waals surface area contributed by atoms with Crippen LogP contribution < -0.4 is 9.47 Å². The number of aryl methyl sites for hydroxylation is 1. The summed E-state index contributed by atoms with van der Waals surface area (Å²) in [5, 5.41) is 3.94. The van der Waals surface area contributed by atoms with Gasteiger partial charge in [-0.15, -0.1) is 0 Å². The third kappa shape index (κ3) is 3.09. The molecule has 3 rings (SSSR count). The van der Waals surface area contributed by atoms with E-state index in [1.54, 1.807) is 7.11 Å². The van der Waals surface area contributed by atoms with Crippen LogP contribution in [0.3, 0.4) is 0 Å². The molecule has 0 aliphatic heterocycles. The van der Waals surface area contributed by atoms with E-state index in [2.05, 4.69) is 10.1 Å². The predicted molar refractivity (Wildman–Crippen MR) is 81.8 cm³/mol. The van der Waals surface area contributed by atoms with Crippen molar-refractivity contribution in [2.45, 2.75) is 13.5 Å². The molecule has 5 heteroatoms. The number of aromatic nitrogens is 2. The van der Waals surface area contributed by atoms with Crippen LogP contribution in [-0.2, 0) is 6.61 Å². The maximum Gasteiger partial charge on any atom is 0.258 e. The molecule has 0 fully saturated rings. The number of methoxy groups -OCH3 is 1. The molecule has 1 heterocycles. The first kappa shape index (κ1) is 14.1. The molecule has 0 bridgehead atoms. The van der Waals surface area contributed by atoms with Crippen LogP contribution in [0.1, 0.15) is 11.4 Å². The maximum atomic E-state index is 5.70. The summed E-state index contributed by atoms with van der Waals surface area (Å²) in [4.78, 5) is 4.34. The molecule has 0 spiro atoms. The lowest BCUT2D eigenvalue weighted by atomic mass is 10.2. The second-order valence-electron chi connectivity index (χ2n) is 4.80. The molecule has 0 aliphatic rings. The number of nitrogens with zero attached hydrogens (tertiary/aromatic N) is 2. The summed E-state index contributed by atoms with van der Waals surface area (Å²) in [6, 6.07) is 15.3. The van der Waals surface area contributed by atoms with E-state index in [4.69, 9.17) is 14.0 Å². The second-order valence-corrected chi connectivity index (χ2v) is 4.80. The summed E-state index contributed by atoms with van der Waals surface area (Å²) >= 11 is 0. The van der Waals surface area contributed by atoms with Gasteiger partial charge in [-0.2, -0.15) is 4.98 Å². The van der Waals surface area contributed by atoms with Crippen LogP contribution in [0.5, 0.6) is 11.5 Å². The second kappa shape index (κ2) is 6.30. The first-order chi connectivity index (χ1) is 10.8. The lowest BCUT2D eigenvalue weighted by molar-refractivity contribution is 0.285. The Labute approximate surface area is 128 Å². The topological polar surface area (TPSA) is 57.4 Å². The molecule has 1 aromatic heterocycles. The van der Waals surface area contributed by atoms with Crippen molar-refractivity contribution in [3.63, 3.8) is 0 Å². The highest BCUT2D eigenvalue weighted by atomic mass is 16.5. The van der Waals surface area contributed by atoms with Crippen molar-refractivity contribution in [1.29, 1.82) is 0 Å². The van der Waals surface area contributed by atoms with Gasteiger partial charge >= 0.3 is 0 Å². The van der Waals surface area contributed by atoms with Crippen LogP contribution in [0.15, 0.2) is 53.1 Å². The van der Waals surface area contributed by atoms with Crippen molar-refractivity contribution < 1.29 is 14.0 Å². The van der Waals surface area contributed by atoms with E-state index in [1.807, 2.05) is 55.5 Å². The van der Waals surface area contributed by atoms with Crippen LogP contribution in [0, 0.1) is 6.92 Å². The van der Waals surface area contributed by atoms with E-state index in [1.165, 1.54) is 0 Å². The molecule has 3 aromatic rings. The van der Waals surface area contributed by atoms with Crippen molar-refractivity contribution in [2.75, 3.05) is 7.11 Å². The number of hydrogen-bond donors (Lipinski definition) is 0. The van der Waals surface area contributed by atoms with Crippen LogP contribution in [-0.4, -0.2) is 17.3 Å². The van der Waals surface area contributed by atoms with Crippen molar-refractivity contribution in [3.05, 3.63) is 59.9 Å². The standard InChI is InChI=1S/C17H16N2O3/c1-12-5-3-4-6-15(12)21-11-16-18-17(22-19-16)13-7-9-14(20-2)10-8-13/h3-10H,11H2,1-2H3. The molecular formula is C17H16N2O3. The molecular weight excluding hydrogens is 280 g/mol. The average Bonchev–Trinajstić information content (AvgIpc) is 3.03. The Bertz CT molecular complexity index is 751. The Balaban J connectivity index is 1.69. The molecule has 0 unspecified atom stereocenters. The number of para-hydroxylation sites is 1. The van der Waals surface area contributed by atoms with Gasteiger partial charge in [0.05, 0.1) is 7.11 Å². The predicted octanol–water partition coefficient (Wildman–Crippen LogP) is 3.63. The smallest absolute Gasteiger partial charge is 0.258 e. The zero-order valence-electron chi connectivity index (χ0n) is 12.4. The van der Waals surface area contributed by atoms with Crippen molar-refractivity contribution in [2.24, 2.45) is 0 Å². The molecule has 0 aliphatic carbocycles. The highest BCUT2D eigenvalue weighted by Gasteiger charge is 2.10. The van der Waals surface area contributed by atoms with Gasteiger partial charge in [0.15, 0.2) is 6.61 Å². The molecule has 112 valence electrons. The first-order valence-corrected chi connectivity index (χ1v) is 6.91. The highest BCUT2D eigenvalue weighted by Crippen LogP contribution is 2.21. The lowest BCUT2D eigenvalue weighted by Crippen LogP contribution is -1.98. The summed E-state index contributed by atoms with van der Waals surface area (Å²) in [5.41, 5.74) is 1.91. The van der Waals surface area contributed by atoms with E-state index >= 15 is 0 Å². The normalized spacial score (nSPS) is 10.5. The fourth-order valence-corrected chi connectivity index (χ4v) is 2.02. The van der Waals surface area contributed by atoms with Crippen LogP contribution >= 0.6 is 0 Å². The Kier molecular flexibility index (Phi) is 4.05. The van der Waals surface area contributed by atoms with Crippen molar-refractivity contribution in [1.82, 2.24) is 10.1 Å². The summed E-state index contributed by atoms with van der Waals surface area (Å²) in [6.45, 7) is 2.26. The zero-order chi connectivity index (χ0) is 15.4. The van der Waals surface area contributed by atoms with Gasteiger partial charge in [-0.3, -0.25) is 0 Å². The Morgan fingerprint density at radius 1 is 1.05 bits per heavy atom. The summed E-state index contributed by atoms with van der Waals surface area (Å²) in [7, 11) is 1.63. The molecule has 2 aromatic carbocycles. The highest BCUT2D eigenvalue weighted by molar-refractivity contribution is 5.54. The zero-order valence-corrected chi connectivity index (χ0v) is 12.4. The van der Waals surface area contributed by atoms with Gasteiger partial charge in [0.1, 0.15) is 11.5 Å². The van der Waals surface area contributed by atoms with E-state index < -0.39 is 0 Å². The van der Waals surface area contributed by atoms with Crippen molar-refractivity contribution in [3.8, 4) is 23.0 Å². The largest absolute Gasteiger partial charge is 0.497 e. The third-order valence-electron chi connectivity index (χ3n) is 3.26. The molecule has 0 atom stereocenters. The van der Waals surface area contributed by atoms with Gasteiger partial charge in [-0.25, -0.2) is 0 Å². The van der Waals surface area contributed by atoms with E-state index in [-0.39, 0.29) is 6.61 Å². The summed E-state index contributed by atoms with van der Waals surface area (Å²) < 4.78 is 16.1. The minimum atomic E-state index is 0.268. The summed E-state index contributed by atoms with van der Waals surface area (Å²) in [6.07, 6.45) is 0. The molecule has 0 N–H and O–H groups in total. The minimum Gasteiger partial charge on any atom is -0.497 e. The molecule has 0 saturated carbocycles. The minimum absolute atomic E-state index is 0.268. The van der Waals surface area contributed by atoms with Crippen molar-refractivity contribution >= 4 is 0 Å². The fourth-order valence-electron chi connectivity index (χ4n) is 2.02. The number of rotatable bonds is 5. The van der Waals surface area contributed by atoms with Crippen LogP contribution in [0.25, 0.3) is 11.5 Å².